The maximum absolute atomic E-state index is 15.0. The average molecular weight is 576 g/mol. The van der Waals surface area contributed by atoms with Gasteiger partial charge >= 0.3 is 0 Å². The number of H-pyrrole nitrogens is 1. The standard InChI is InChI=1S/C29H30FN7O3S/c1-14-18(21-12-22(28(39)34-33-21)31-24-10-17-13-36(2)7-8-37(17)35-24)5-6-20(30)25(14)32-29(40)23-11-19-26(38)15-3-4-16(9-15)27(19)41-23/h5-6,10-12,15-16,26,38H,3-4,7-9,13H2,1-2H3,(H,32,40)(H,34,39)(H,31,33,35). The lowest BCUT2D eigenvalue weighted by atomic mass is 9.86. The lowest BCUT2D eigenvalue weighted by Crippen LogP contribution is -2.30. The number of aromatic amines is 1. The Kier molecular flexibility index (Phi) is 6.29. The molecule has 12 heteroatoms. The fourth-order valence-electron chi connectivity index (χ4n) is 6.39. The van der Waals surface area contributed by atoms with Crippen molar-refractivity contribution >= 4 is 34.4 Å². The number of aromatic nitrogens is 4. The first-order chi connectivity index (χ1) is 19.7. The van der Waals surface area contributed by atoms with Crippen molar-refractivity contribution in [2.45, 2.75) is 51.3 Å². The quantitative estimate of drug-likeness (QED) is 0.276. The van der Waals surface area contributed by atoms with E-state index in [1.165, 1.54) is 17.4 Å². The molecule has 10 nitrogen and oxygen atoms in total. The minimum atomic E-state index is -0.573. The Labute approximate surface area is 239 Å². The third-order valence-electron chi connectivity index (χ3n) is 8.61. The zero-order valence-corrected chi connectivity index (χ0v) is 23.5. The summed E-state index contributed by atoms with van der Waals surface area (Å²) >= 11 is 1.39. The topological polar surface area (TPSA) is 128 Å². The summed E-state index contributed by atoms with van der Waals surface area (Å²) in [6.07, 6.45) is 2.43. The number of hydrogen-bond acceptors (Lipinski definition) is 8. The van der Waals surface area contributed by atoms with Crippen LogP contribution in [0.15, 0.2) is 35.1 Å². The van der Waals surface area contributed by atoms with E-state index in [9.17, 15) is 14.7 Å². The SMILES string of the molecule is Cc1c(-c2cc(Nc3cc4n(n3)CCN(C)C4)c(=O)[nH]n2)ccc(F)c1NC(=O)c1cc2c(s1)C1CCC(C1)C2O. The molecular weight excluding hydrogens is 545 g/mol. The van der Waals surface area contributed by atoms with Crippen LogP contribution in [0.4, 0.5) is 21.6 Å². The zero-order valence-electron chi connectivity index (χ0n) is 22.7. The zero-order chi connectivity index (χ0) is 28.4. The normalized spacial score (nSPS) is 21.4. The van der Waals surface area contributed by atoms with Crippen LogP contribution in [0, 0.1) is 18.7 Å². The van der Waals surface area contributed by atoms with E-state index >= 15 is 4.39 Å². The number of benzene rings is 1. The van der Waals surface area contributed by atoms with Crippen LogP contribution in [0.1, 0.15) is 62.7 Å². The number of aliphatic hydroxyl groups excluding tert-OH is 1. The first-order valence-corrected chi connectivity index (χ1v) is 14.6. The third kappa shape index (κ3) is 4.55. The molecular formula is C29H30FN7O3S. The summed E-state index contributed by atoms with van der Waals surface area (Å²) in [6, 6.07) is 8.12. The second-order valence-corrected chi connectivity index (χ2v) is 12.4. The van der Waals surface area contributed by atoms with Gasteiger partial charge in [0.15, 0.2) is 5.82 Å². The van der Waals surface area contributed by atoms with Gasteiger partial charge in [0.1, 0.15) is 11.5 Å². The van der Waals surface area contributed by atoms with Gasteiger partial charge in [-0.2, -0.15) is 10.2 Å². The molecule has 7 rings (SSSR count). The number of halogens is 1. The van der Waals surface area contributed by atoms with E-state index in [0.717, 1.165) is 55.0 Å². The number of carbonyl (C=O) groups is 1. The number of likely N-dealkylation sites (N-methyl/N-ethyl adjacent to an activating group) is 1. The summed E-state index contributed by atoms with van der Waals surface area (Å²) in [7, 11) is 2.05. The van der Waals surface area contributed by atoms with Crippen LogP contribution in [-0.2, 0) is 13.1 Å². The van der Waals surface area contributed by atoms with E-state index in [0.29, 0.717) is 33.4 Å². The van der Waals surface area contributed by atoms with Crippen molar-refractivity contribution in [1.29, 1.82) is 0 Å². The molecule has 0 saturated heterocycles. The summed E-state index contributed by atoms with van der Waals surface area (Å²) in [4.78, 5) is 29.6. The number of nitrogens with one attached hydrogen (secondary N) is 3. The van der Waals surface area contributed by atoms with Gasteiger partial charge in [-0.05, 0) is 80.5 Å². The van der Waals surface area contributed by atoms with Crippen LogP contribution in [0.2, 0.25) is 0 Å². The van der Waals surface area contributed by atoms with Gasteiger partial charge in [-0.3, -0.25) is 19.2 Å². The van der Waals surface area contributed by atoms with Crippen molar-refractivity contribution in [1.82, 2.24) is 24.9 Å². The number of carbonyl (C=O) groups excluding carboxylic acids is 1. The first kappa shape index (κ1) is 26.1. The number of anilines is 3. The monoisotopic (exact) mass is 575 g/mol. The molecule has 1 amide bonds. The molecule has 3 aromatic heterocycles. The molecule has 2 bridgehead atoms. The Bertz CT molecular complexity index is 1730. The van der Waals surface area contributed by atoms with Crippen molar-refractivity contribution in [3.63, 3.8) is 0 Å². The maximum Gasteiger partial charge on any atom is 0.287 e. The molecule has 3 aliphatic rings. The van der Waals surface area contributed by atoms with Gasteiger partial charge in [-0.25, -0.2) is 9.49 Å². The fraction of sp³-hybridized carbons (Fsp3) is 0.379. The number of aliphatic hydroxyl groups is 1. The number of hydrogen-bond donors (Lipinski definition) is 4. The molecule has 0 radical (unpaired) electrons. The summed E-state index contributed by atoms with van der Waals surface area (Å²) in [5, 5.41) is 27.9. The Morgan fingerprint density at radius 3 is 2.93 bits per heavy atom. The Hall–Kier alpha value is -3.87. The van der Waals surface area contributed by atoms with E-state index < -0.39 is 23.4 Å². The van der Waals surface area contributed by atoms with E-state index in [4.69, 9.17) is 0 Å². The van der Waals surface area contributed by atoms with E-state index in [1.54, 1.807) is 25.1 Å². The van der Waals surface area contributed by atoms with Crippen molar-refractivity contribution in [3.05, 3.63) is 73.1 Å². The Morgan fingerprint density at radius 2 is 2.07 bits per heavy atom. The molecule has 2 aliphatic carbocycles. The Balaban J connectivity index is 1.16. The molecule has 4 N–H and O–H groups in total. The van der Waals surface area contributed by atoms with E-state index in [2.05, 4.69) is 30.8 Å². The van der Waals surface area contributed by atoms with Gasteiger partial charge in [0.2, 0.25) is 0 Å². The minimum absolute atomic E-state index is 0.0503. The first-order valence-electron chi connectivity index (χ1n) is 13.8. The molecule has 3 unspecified atom stereocenters. The van der Waals surface area contributed by atoms with Gasteiger partial charge in [0.05, 0.1) is 34.6 Å². The molecule has 41 heavy (non-hydrogen) atoms. The number of rotatable bonds is 5. The van der Waals surface area contributed by atoms with Gasteiger partial charge in [0.25, 0.3) is 11.5 Å². The second kappa shape index (κ2) is 9.89. The molecule has 4 aromatic rings. The summed E-state index contributed by atoms with van der Waals surface area (Å²) < 4.78 is 17.0. The van der Waals surface area contributed by atoms with Gasteiger partial charge in [0, 0.05) is 29.6 Å². The van der Waals surface area contributed by atoms with Crippen molar-refractivity contribution in [2.24, 2.45) is 5.92 Å². The summed E-state index contributed by atoms with van der Waals surface area (Å²) in [5.41, 5.74) is 3.23. The minimum Gasteiger partial charge on any atom is -0.388 e. The van der Waals surface area contributed by atoms with Crippen LogP contribution >= 0.6 is 11.3 Å². The van der Waals surface area contributed by atoms with E-state index in [1.807, 2.05) is 17.8 Å². The van der Waals surface area contributed by atoms with Crippen LogP contribution in [-0.4, -0.2) is 49.5 Å². The van der Waals surface area contributed by atoms with Crippen LogP contribution < -0.4 is 16.2 Å². The molecule has 1 saturated carbocycles. The highest BCUT2D eigenvalue weighted by Gasteiger charge is 2.40. The van der Waals surface area contributed by atoms with Gasteiger partial charge in [-0.1, -0.05) is 0 Å². The van der Waals surface area contributed by atoms with Crippen molar-refractivity contribution < 1.29 is 14.3 Å². The predicted molar refractivity (Wildman–Crippen MR) is 154 cm³/mol. The molecule has 1 fully saturated rings. The van der Waals surface area contributed by atoms with Crippen molar-refractivity contribution in [3.8, 4) is 11.3 Å². The van der Waals surface area contributed by atoms with Gasteiger partial charge < -0.3 is 15.7 Å². The molecule has 212 valence electrons. The molecule has 1 aliphatic heterocycles. The van der Waals surface area contributed by atoms with Crippen LogP contribution in [0.25, 0.3) is 11.3 Å². The maximum atomic E-state index is 15.0. The van der Waals surface area contributed by atoms with E-state index in [-0.39, 0.29) is 17.3 Å². The lowest BCUT2D eigenvalue weighted by Gasteiger charge is -2.24. The molecule has 0 spiro atoms. The van der Waals surface area contributed by atoms with Crippen LogP contribution in [0.5, 0.6) is 0 Å². The predicted octanol–water partition coefficient (Wildman–Crippen LogP) is 4.51. The highest BCUT2D eigenvalue weighted by molar-refractivity contribution is 7.14. The lowest BCUT2D eigenvalue weighted by molar-refractivity contribution is 0.102. The smallest absolute Gasteiger partial charge is 0.287 e. The third-order valence-corrected chi connectivity index (χ3v) is 9.92. The number of nitrogens with zero attached hydrogens (tertiary/aromatic N) is 4. The average Bonchev–Trinajstić information content (AvgIpc) is 3.68. The fourth-order valence-corrected chi connectivity index (χ4v) is 7.64. The van der Waals surface area contributed by atoms with Crippen molar-refractivity contribution in [2.75, 3.05) is 24.2 Å². The van der Waals surface area contributed by atoms with Gasteiger partial charge in [-0.15, -0.1) is 11.3 Å². The number of amides is 1. The number of thiophene rings is 1. The molecule has 3 atom stereocenters. The number of fused-ring (bicyclic) bond motifs is 5. The highest BCUT2D eigenvalue weighted by Crippen LogP contribution is 2.53. The second-order valence-electron chi connectivity index (χ2n) is 11.3. The molecule has 1 aromatic carbocycles. The summed E-state index contributed by atoms with van der Waals surface area (Å²) in [5.74, 6) is 0.196. The largest absolute Gasteiger partial charge is 0.388 e. The Morgan fingerprint density at radius 1 is 1.22 bits per heavy atom. The molecule has 4 heterocycles. The highest BCUT2D eigenvalue weighted by atomic mass is 32.1. The summed E-state index contributed by atoms with van der Waals surface area (Å²) in [6.45, 7) is 4.14. The van der Waals surface area contributed by atoms with Crippen LogP contribution in [0.3, 0.4) is 0 Å².